The average molecular weight is 949 g/mol. The van der Waals surface area contributed by atoms with Gasteiger partial charge >= 0.3 is 6.09 Å². The monoisotopic (exact) mass is 949 g/mol. The maximum atomic E-state index is 12.6. The number of fused-ring (bicyclic) bond motifs is 4. The number of aryl methyl sites for hydroxylation is 2. The van der Waals surface area contributed by atoms with Gasteiger partial charge in [-0.25, -0.2) is 24.7 Å². The van der Waals surface area contributed by atoms with Gasteiger partial charge in [-0.05, 0) is 173 Å². The van der Waals surface area contributed by atoms with Crippen molar-refractivity contribution in [3.8, 4) is 22.8 Å². The summed E-state index contributed by atoms with van der Waals surface area (Å²) in [7, 11) is 0. The van der Waals surface area contributed by atoms with Crippen molar-refractivity contribution in [1.82, 2.24) is 49.7 Å². The predicted molar refractivity (Wildman–Crippen MR) is 291 cm³/mol. The topological polar surface area (TPSA) is 155 Å². The molecule has 0 spiro atoms. The highest BCUT2D eigenvalue weighted by molar-refractivity contribution is 5.95. The van der Waals surface area contributed by atoms with E-state index in [1.165, 1.54) is 11.1 Å². The molecule has 4 heterocycles. The first-order chi connectivity index (χ1) is 33.2. The fourth-order valence-electron chi connectivity index (χ4n) is 8.71. The number of nitrogens with zero attached hydrogens (tertiary/aromatic N) is 9. The number of carbonyl (C=O) groups excluding carboxylic acids is 1. The number of carbonyl (C=O) groups is 1. The molecule has 0 radical (unpaired) electrons. The molecule has 8 rings (SSSR count). The molecule has 4 aromatic heterocycles. The first kappa shape index (κ1) is 52.9. The summed E-state index contributed by atoms with van der Waals surface area (Å²) in [6.45, 7) is 29.6. The second-order valence-corrected chi connectivity index (χ2v) is 19.1. The first-order valence-electron chi connectivity index (χ1n) is 24.9. The molecular formula is C56H76N12O2. The van der Waals surface area contributed by atoms with Crippen molar-refractivity contribution < 1.29 is 9.53 Å². The third kappa shape index (κ3) is 13.0. The van der Waals surface area contributed by atoms with E-state index < -0.39 is 11.7 Å². The molecule has 2 atom stereocenters. The summed E-state index contributed by atoms with van der Waals surface area (Å²) in [4.78, 5) is 37.3. The van der Waals surface area contributed by atoms with Gasteiger partial charge in [0, 0.05) is 44.8 Å². The van der Waals surface area contributed by atoms with Crippen LogP contribution in [0.3, 0.4) is 0 Å². The van der Waals surface area contributed by atoms with Gasteiger partial charge in [0.1, 0.15) is 17.2 Å². The fourth-order valence-corrected chi connectivity index (χ4v) is 8.71. The molecule has 14 nitrogen and oxygen atoms in total. The van der Waals surface area contributed by atoms with Gasteiger partial charge in [-0.1, -0.05) is 59.4 Å². The molecule has 3 N–H and O–H groups in total. The Labute approximate surface area is 415 Å². The van der Waals surface area contributed by atoms with Gasteiger partial charge < -0.3 is 25.2 Å². The van der Waals surface area contributed by atoms with E-state index in [1.54, 1.807) is 6.20 Å². The lowest BCUT2D eigenvalue weighted by molar-refractivity contribution is 0.0522. The molecule has 0 aliphatic heterocycles. The maximum absolute atomic E-state index is 12.6. The molecule has 0 aliphatic rings. The molecule has 0 saturated carbocycles. The van der Waals surface area contributed by atoms with Crippen molar-refractivity contribution in [2.45, 2.75) is 127 Å². The predicted octanol–water partition coefficient (Wildman–Crippen LogP) is 12.7. The number of ether oxygens (including phenoxy) is 1. The Kier molecular flexibility index (Phi) is 18.0. The van der Waals surface area contributed by atoms with E-state index in [2.05, 4.69) is 134 Å². The van der Waals surface area contributed by atoms with Crippen LogP contribution in [0.25, 0.3) is 66.4 Å². The highest BCUT2D eigenvalue weighted by Gasteiger charge is 2.21. The van der Waals surface area contributed by atoms with E-state index in [9.17, 15) is 4.79 Å². The van der Waals surface area contributed by atoms with Crippen molar-refractivity contribution in [3.63, 3.8) is 0 Å². The van der Waals surface area contributed by atoms with Crippen molar-refractivity contribution in [1.29, 1.82) is 0 Å². The zero-order valence-electron chi connectivity index (χ0n) is 42.7. The van der Waals surface area contributed by atoms with Crippen molar-refractivity contribution >= 4 is 61.3 Å². The van der Waals surface area contributed by atoms with Crippen LogP contribution in [0.4, 0.5) is 16.4 Å². The second kappa shape index (κ2) is 23.9. The van der Waals surface area contributed by atoms with Crippen LogP contribution in [0.1, 0.15) is 107 Å². The van der Waals surface area contributed by atoms with Crippen LogP contribution in [0, 0.1) is 13.8 Å². The smallest absolute Gasteiger partial charge is 0.435 e. The number of aromatic nitrogens is 8. The Morgan fingerprint density at radius 1 is 0.686 bits per heavy atom. The van der Waals surface area contributed by atoms with E-state index in [1.807, 2.05) is 57.3 Å². The Hall–Kier alpha value is -6.51. The quantitative estimate of drug-likeness (QED) is 0.0750. The lowest BCUT2D eigenvalue weighted by Crippen LogP contribution is -2.27. The van der Waals surface area contributed by atoms with E-state index in [0.29, 0.717) is 17.4 Å². The molecule has 2 unspecified atom stereocenters. The highest BCUT2D eigenvalue weighted by Crippen LogP contribution is 2.31. The summed E-state index contributed by atoms with van der Waals surface area (Å²) in [6, 6.07) is 25.0. The minimum atomic E-state index is -0.599. The third-order valence-corrected chi connectivity index (χ3v) is 12.7. The van der Waals surface area contributed by atoms with Crippen molar-refractivity contribution in [2.24, 2.45) is 0 Å². The summed E-state index contributed by atoms with van der Waals surface area (Å²) >= 11 is 0. The molecule has 372 valence electrons. The number of nitrogens with one attached hydrogen (secondary N) is 3. The average Bonchev–Trinajstić information content (AvgIpc) is 3.99. The summed E-state index contributed by atoms with van der Waals surface area (Å²) in [5, 5.41) is 22.7. The number of para-hydroxylation sites is 2. The minimum Gasteiger partial charge on any atom is -0.442 e. The largest absolute Gasteiger partial charge is 0.442 e. The van der Waals surface area contributed by atoms with Crippen LogP contribution in [-0.4, -0.2) is 113 Å². The number of benzene rings is 4. The van der Waals surface area contributed by atoms with Gasteiger partial charge in [0.15, 0.2) is 11.6 Å². The SMILES string of the molecule is C.CCN(CC)CCCC(C)Nc1nc(-c2ccc3[nH]ncc3c2)nc2c(C)cccc12.CCN(CC)CCCC(C)Nc1nc(-c2ccc3c(cnn3C(=O)OC(C)(C)C)c2)nc2c(C)cccc12. The summed E-state index contributed by atoms with van der Waals surface area (Å²) < 4.78 is 6.79. The van der Waals surface area contributed by atoms with Gasteiger partial charge in [-0.3, -0.25) is 5.10 Å². The van der Waals surface area contributed by atoms with Gasteiger partial charge in [0.2, 0.25) is 0 Å². The number of H-pyrrole nitrogens is 1. The summed E-state index contributed by atoms with van der Waals surface area (Å²) in [6.07, 6.45) is 7.46. The highest BCUT2D eigenvalue weighted by atomic mass is 16.6. The molecule has 70 heavy (non-hydrogen) atoms. The number of anilines is 2. The van der Waals surface area contributed by atoms with E-state index in [4.69, 9.17) is 24.7 Å². The van der Waals surface area contributed by atoms with Gasteiger partial charge in [0.25, 0.3) is 0 Å². The van der Waals surface area contributed by atoms with Gasteiger partial charge in [-0.2, -0.15) is 14.9 Å². The molecule has 4 aromatic carbocycles. The first-order valence-corrected chi connectivity index (χ1v) is 24.9. The minimum absolute atomic E-state index is 0. The molecule has 0 aliphatic carbocycles. The normalized spacial score (nSPS) is 12.6. The molecule has 0 amide bonds. The Morgan fingerprint density at radius 3 is 1.69 bits per heavy atom. The fraction of sp³-hybridized carbons (Fsp3) is 0.446. The zero-order chi connectivity index (χ0) is 49.2. The maximum Gasteiger partial charge on any atom is 0.435 e. The molecule has 0 fully saturated rings. The van der Waals surface area contributed by atoms with Crippen LogP contribution in [0.15, 0.2) is 85.2 Å². The van der Waals surface area contributed by atoms with Crippen LogP contribution in [0.5, 0.6) is 0 Å². The molecular weight excluding hydrogens is 873 g/mol. The Morgan fingerprint density at radius 2 is 1.19 bits per heavy atom. The molecule has 0 bridgehead atoms. The van der Waals surface area contributed by atoms with Crippen LogP contribution < -0.4 is 10.6 Å². The summed E-state index contributed by atoms with van der Waals surface area (Å²) in [5.74, 6) is 3.12. The van der Waals surface area contributed by atoms with Gasteiger partial charge in [0.05, 0.1) is 34.5 Å². The standard InChI is InChI=1S/C30H40N6O2.C25H32N6.CH4/c1-8-35(9-2)17-11-13-21(4)32-28-24-14-10-12-20(3)26(24)33-27(34-28)22-15-16-25-23(18-22)19-31-36(25)29(37)38-30(5,6)7;1-5-31(6-2)14-8-10-18(4)27-25-21-11-7-9-17(3)23(21)28-24(29-25)19-12-13-22-20(15-19)16-26-30-22;/h10,12,14-16,18-19,21H,8-9,11,13,17H2,1-7H3,(H,32,33,34);7,9,11-13,15-16,18H,5-6,8,10,14H2,1-4H3,(H,26,30)(H,27,28,29);1H4. The number of rotatable bonds is 18. The van der Waals surface area contributed by atoms with Gasteiger partial charge in [-0.15, -0.1) is 0 Å². The van der Waals surface area contributed by atoms with Crippen LogP contribution >= 0.6 is 0 Å². The van der Waals surface area contributed by atoms with E-state index in [0.717, 1.165) is 136 Å². The lowest BCUT2D eigenvalue weighted by Gasteiger charge is -2.21. The Balaban J connectivity index is 0.000000231. The zero-order valence-corrected chi connectivity index (χ0v) is 42.7. The Bertz CT molecular complexity index is 2980. The van der Waals surface area contributed by atoms with Crippen LogP contribution in [0.2, 0.25) is 0 Å². The number of hydrogen-bond donors (Lipinski definition) is 3. The van der Waals surface area contributed by atoms with E-state index >= 15 is 0 Å². The number of hydrogen-bond acceptors (Lipinski definition) is 12. The number of aromatic amines is 1. The molecule has 0 saturated heterocycles. The second-order valence-electron chi connectivity index (χ2n) is 19.1. The molecule has 8 aromatic rings. The third-order valence-electron chi connectivity index (χ3n) is 12.7. The van der Waals surface area contributed by atoms with Crippen molar-refractivity contribution in [2.75, 3.05) is 49.9 Å². The van der Waals surface area contributed by atoms with E-state index in [-0.39, 0.29) is 13.5 Å². The lowest BCUT2D eigenvalue weighted by atomic mass is 10.1. The molecule has 14 heteroatoms. The summed E-state index contributed by atoms with van der Waals surface area (Å²) in [5.41, 5.74) is 7.14. The van der Waals surface area contributed by atoms with Crippen LogP contribution in [-0.2, 0) is 4.74 Å². The van der Waals surface area contributed by atoms with Crippen molar-refractivity contribution in [3.05, 3.63) is 96.3 Å².